The number of aryl methyl sites for hydroxylation is 1. The summed E-state index contributed by atoms with van der Waals surface area (Å²) in [4.78, 5) is 4.17. The molecule has 0 saturated heterocycles. The highest BCUT2D eigenvalue weighted by molar-refractivity contribution is 5.31. The highest BCUT2D eigenvalue weighted by atomic mass is 19.4. The van der Waals surface area contributed by atoms with Crippen molar-refractivity contribution < 1.29 is 13.2 Å². The molecule has 1 heterocycles. The predicted octanol–water partition coefficient (Wildman–Crippen LogP) is 2.75. The smallest absolute Gasteiger partial charge is 0.336 e. The molecule has 1 aromatic carbocycles. The van der Waals surface area contributed by atoms with Crippen LogP contribution in [0.3, 0.4) is 0 Å². The Morgan fingerprint density at radius 1 is 1.32 bits per heavy atom. The first-order chi connectivity index (χ1) is 8.93. The molecule has 0 saturated carbocycles. The van der Waals surface area contributed by atoms with Gasteiger partial charge in [0.1, 0.15) is 5.82 Å². The molecule has 1 unspecified atom stereocenters. The van der Waals surface area contributed by atoms with E-state index in [2.05, 4.69) is 10.3 Å². The van der Waals surface area contributed by atoms with Gasteiger partial charge >= 0.3 is 6.18 Å². The lowest BCUT2D eigenvalue weighted by atomic mass is 10.0. The summed E-state index contributed by atoms with van der Waals surface area (Å²) in [6.45, 7) is 0. The zero-order valence-electron chi connectivity index (χ0n) is 10.6. The molecule has 6 heteroatoms. The largest absolute Gasteiger partial charge is 0.416 e. The summed E-state index contributed by atoms with van der Waals surface area (Å²) < 4.78 is 39.9. The van der Waals surface area contributed by atoms with Crippen LogP contribution in [0, 0.1) is 0 Å². The molecule has 1 N–H and O–H groups in total. The third kappa shape index (κ3) is 2.78. The van der Waals surface area contributed by atoms with E-state index in [1.54, 1.807) is 37.1 Å². The Hall–Kier alpha value is -1.82. The first-order valence-corrected chi connectivity index (χ1v) is 5.75. The van der Waals surface area contributed by atoms with E-state index in [1.807, 2.05) is 0 Å². The maximum atomic E-state index is 12.7. The van der Waals surface area contributed by atoms with Gasteiger partial charge in [-0.05, 0) is 24.7 Å². The lowest BCUT2D eigenvalue weighted by Gasteiger charge is -2.18. The van der Waals surface area contributed by atoms with E-state index in [0.29, 0.717) is 11.4 Å². The summed E-state index contributed by atoms with van der Waals surface area (Å²) in [6, 6.07) is 4.91. The van der Waals surface area contributed by atoms with Crippen LogP contribution in [0.2, 0.25) is 0 Å². The number of rotatable bonds is 3. The summed E-state index contributed by atoms with van der Waals surface area (Å²) in [5.41, 5.74) is -0.119. The van der Waals surface area contributed by atoms with Gasteiger partial charge in [-0.3, -0.25) is 0 Å². The van der Waals surface area contributed by atoms with Gasteiger partial charge < -0.3 is 9.88 Å². The van der Waals surface area contributed by atoms with Crippen molar-refractivity contribution in [3.63, 3.8) is 0 Å². The third-order valence-corrected chi connectivity index (χ3v) is 2.95. The standard InChI is InChI=1S/C13H14F3N3/c1-17-11(12-18-6-7-19(12)2)9-4-3-5-10(8-9)13(14,15)16/h3-8,11,17H,1-2H3. The van der Waals surface area contributed by atoms with Crippen LogP contribution in [-0.2, 0) is 13.2 Å². The molecule has 1 atom stereocenters. The van der Waals surface area contributed by atoms with Crippen molar-refractivity contribution >= 4 is 0 Å². The Bertz CT molecular complexity index is 560. The van der Waals surface area contributed by atoms with Crippen molar-refractivity contribution in [2.24, 2.45) is 7.05 Å². The SMILES string of the molecule is CNC(c1cccc(C(F)(F)F)c1)c1nccn1C. The molecule has 0 fully saturated rings. The minimum absolute atomic E-state index is 0.373. The Morgan fingerprint density at radius 3 is 2.58 bits per heavy atom. The molecule has 1 aromatic heterocycles. The first kappa shape index (κ1) is 13.6. The molecule has 0 radical (unpaired) electrons. The molecule has 3 nitrogen and oxygen atoms in total. The molecule has 102 valence electrons. The number of hydrogen-bond donors (Lipinski definition) is 1. The van der Waals surface area contributed by atoms with Crippen molar-refractivity contribution in [1.82, 2.24) is 14.9 Å². The van der Waals surface area contributed by atoms with Crippen molar-refractivity contribution in [2.75, 3.05) is 7.05 Å². The van der Waals surface area contributed by atoms with Crippen molar-refractivity contribution in [3.8, 4) is 0 Å². The second kappa shape index (κ2) is 5.05. The van der Waals surface area contributed by atoms with Crippen LogP contribution < -0.4 is 5.32 Å². The maximum Gasteiger partial charge on any atom is 0.416 e. The van der Waals surface area contributed by atoms with Gasteiger partial charge in [-0.15, -0.1) is 0 Å². The van der Waals surface area contributed by atoms with Crippen LogP contribution in [0.15, 0.2) is 36.7 Å². The molecule has 0 bridgehead atoms. The highest BCUT2D eigenvalue weighted by Crippen LogP contribution is 2.31. The van der Waals surface area contributed by atoms with E-state index in [1.165, 1.54) is 6.07 Å². The van der Waals surface area contributed by atoms with Gasteiger partial charge in [0.25, 0.3) is 0 Å². The van der Waals surface area contributed by atoms with Gasteiger partial charge in [-0.1, -0.05) is 12.1 Å². The lowest BCUT2D eigenvalue weighted by molar-refractivity contribution is -0.137. The number of halogens is 3. The van der Waals surface area contributed by atoms with Gasteiger partial charge in [0, 0.05) is 19.4 Å². The highest BCUT2D eigenvalue weighted by Gasteiger charge is 2.31. The number of imidazole rings is 1. The molecular formula is C13H14F3N3. The summed E-state index contributed by atoms with van der Waals surface area (Å²) in [5, 5.41) is 2.99. The zero-order chi connectivity index (χ0) is 14.0. The zero-order valence-corrected chi connectivity index (χ0v) is 10.6. The van der Waals surface area contributed by atoms with E-state index >= 15 is 0 Å². The molecule has 0 amide bonds. The Morgan fingerprint density at radius 2 is 2.05 bits per heavy atom. The minimum atomic E-state index is -4.34. The average molecular weight is 269 g/mol. The Kier molecular flexibility index (Phi) is 3.61. The minimum Gasteiger partial charge on any atom is -0.336 e. The number of nitrogens with zero attached hydrogens (tertiary/aromatic N) is 2. The topological polar surface area (TPSA) is 29.9 Å². The van der Waals surface area contributed by atoms with Gasteiger partial charge in [-0.2, -0.15) is 13.2 Å². The second-order valence-electron chi connectivity index (χ2n) is 4.24. The maximum absolute atomic E-state index is 12.7. The fraction of sp³-hybridized carbons (Fsp3) is 0.308. The van der Waals surface area contributed by atoms with E-state index in [-0.39, 0.29) is 6.04 Å². The fourth-order valence-electron chi connectivity index (χ4n) is 1.99. The van der Waals surface area contributed by atoms with Crippen molar-refractivity contribution in [2.45, 2.75) is 12.2 Å². The van der Waals surface area contributed by atoms with Crippen LogP contribution in [0.5, 0.6) is 0 Å². The van der Waals surface area contributed by atoms with E-state index in [0.717, 1.165) is 12.1 Å². The molecular weight excluding hydrogens is 255 g/mol. The number of aromatic nitrogens is 2. The van der Waals surface area contributed by atoms with Crippen LogP contribution in [0.4, 0.5) is 13.2 Å². The number of hydrogen-bond acceptors (Lipinski definition) is 2. The van der Waals surface area contributed by atoms with Gasteiger partial charge in [0.15, 0.2) is 0 Å². The van der Waals surface area contributed by atoms with Crippen LogP contribution in [0.1, 0.15) is 23.0 Å². The normalized spacial score (nSPS) is 13.5. The van der Waals surface area contributed by atoms with E-state index in [4.69, 9.17) is 0 Å². The van der Waals surface area contributed by atoms with Gasteiger partial charge in [0.05, 0.1) is 11.6 Å². The summed E-state index contributed by atoms with van der Waals surface area (Å²) in [7, 11) is 3.50. The van der Waals surface area contributed by atoms with E-state index in [9.17, 15) is 13.2 Å². The molecule has 2 aromatic rings. The number of benzene rings is 1. The molecule has 2 rings (SSSR count). The molecule has 0 aliphatic carbocycles. The quantitative estimate of drug-likeness (QED) is 0.928. The molecule has 0 aliphatic rings. The fourth-order valence-corrected chi connectivity index (χ4v) is 1.99. The monoisotopic (exact) mass is 269 g/mol. The summed E-state index contributed by atoms with van der Waals surface area (Å²) in [6.07, 6.45) is -0.962. The van der Waals surface area contributed by atoms with Gasteiger partial charge in [0.2, 0.25) is 0 Å². The van der Waals surface area contributed by atoms with E-state index < -0.39 is 11.7 Å². The average Bonchev–Trinajstić information content (AvgIpc) is 2.76. The Balaban J connectivity index is 2.42. The van der Waals surface area contributed by atoms with Crippen LogP contribution >= 0.6 is 0 Å². The molecule has 19 heavy (non-hydrogen) atoms. The second-order valence-corrected chi connectivity index (χ2v) is 4.24. The van der Waals surface area contributed by atoms with Crippen molar-refractivity contribution in [1.29, 1.82) is 0 Å². The van der Waals surface area contributed by atoms with Crippen LogP contribution in [0.25, 0.3) is 0 Å². The third-order valence-electron chi connectivity index (χ3n) is 2.95. The number of nitrogens with one attached hydrogen (secondary N) is 1. The summed E-state index contributed by atoms with van der Waals surface area (Å²) in [5.74, 6) is 0.668. The lowest BCUT2D eigenvalue weighted by Crippen LogP contribution is -2.21. The number of alkyl halides is 3. The summed E-state index contributed by atoms with van der Waals surface area (Å²) >= 11 is 0. The molecule has 0 aliphatic heterocycles. The van der Waals surface area contributed by atoms with Crippen molar-refractivity contribution in [3.05, 3.63) is 53.6 Å². The molecule has 0 spiro atoms. The van der Waals surface area contributed by atoms with Crippen LogP contribution in [-0.4, -0.2) is 16.6 Å². The predicted molar refractivity (Wildman–Crippen MR) is 65.6 cm³/mol. The van der Waals surface area contributed by atoms with Gasteiger partial charge in [-0.25, -0.2) is 4.98 Å². The first-order valence-electron chi connectivity index (χ1n) is 5.75. The Labute approximate surface area is 109 Å².